The maximum absolute atomic E-state index is 12.8. The molecule has 0 fully saturated rings. The van der Waals surface area contributed by atoms with E-state index in [-0.39, 0.29) is 16.4 Å². The molecule has 0 radical (unpaired) electrons. The molecule has 5 rings (SSSR count). The van der Waals surface area contributed by atoms with E-state index in [4.69, 9.17) is 21.4 Å². The Hall–Kier alpha value is -4.49. The van der Waals surface area contributed by atoms with Gasteiger partial charge in [-0.15, -0.1) is 0 Å². The number of hydrogen-bond acceptors (Lipinski definition) is 5. The normalized spacial score (nSPS) is 11.3. The van der Waals surface area contributed by atoms with Crippen molar-refractivity contribution in [1.29, 1.82) is 0 Å². The highest BCUT2D eigenvalue weighted by molar-refractivity contribution is 7.80. The zero-order chi connectivity index (χ0) is 27.4. The van der Waals surface area contributed by atoms with Gasteiger partial charge in [-0.2, -0.15) is 0 Å². The molecule has 39 heavy (non-hydrogen) atoms. The molecule has 1 amide bonds. The molecule has 0 atom stereocenters. The predicted molar refractivity (Wildman–Crippen MR) is 159 cm³/mol. The van der Waals surface area contributed by atoms with Crippen molar-refractivity contribution >= 4 is 40.0 Å². The van der Waals surface area contributed by atoms with Gasteiger partial charge in [-0.1, -0.05) is 69.3 Å². The molecule has 0 unspecified atom stereocenters. The minimum Gasteiger partial charge on any atom is -0.489 e. The molecule has 5 aromatic rings. The average molecular weight is 536 g/mol. The molecular weight excluding hydrogens is 506 g/mol. The first-order valence-electron chi connectivity index (χ1n) is 12.7. The Morgan fingerprint density at radius 3 is 2.44 bits per heavy atom. The Bertz CT molecular complexity index is 1620. The number of ether oxygens (including phenoxy) is 1. The molecule has 1 heterocycles. The Labute approximate surface area is 233 Å². The van der Waals surface area contributed by atoms with Crippen LogP contribution in [0.25, 0.3) is 22.6 Å². The smallest absolute Gasteiger partial charge is 0.257 e. The number of thiocarbonyl (C=S) groups is 1. The molecule has 1 aromatic heterocycles. The Morgan fingerprint density at radius 2 is 1.69 bits per heavy atom. The number of nitrogens with one attached hydrogen (secondary N) is 2. The zero-order valence-corrected chi connectivity index (χ0v) is 22.8. The van der Waals surface area contributed by atoms with E-state index in [1.807, 2.05) is 66.7 Å². The van der Waals surface area contributed by atoms with Crippen molar-refractivity contribution in [2.24, 2.45) is 0 Å². The number of fused-ring (bicyclic) bond motifs is 1. The molecule has 2 N–H and O–H groups in total. The van der Waals surface area contributed by atoms with Gasteiger partial charge in [-0.05, 0) is 77.3 Å². The van der Waals surface area contributed by atoms with E-state index in [1.54, 1.807) is 18.2 Å². The summed E-state index contributed by atoms with van der Waals surface area (Å²) in [7, 11) is 0. The quantitative estimate of drug-likeness (QED) is 0.219. The van der Waals surface area contributed by atoms with Crippen molar-refractivity contribution in [3.05, 3.63) is 114 Å². The zero-order valence-electron chi connectivity index (χ0n) is 22.0. The lowest BCUT2D eigenvalue weighted by Crippen LogP contribution is -2.34. The number of carbonyl (C=O) groups is 1. The van der Waals surface area contributed by atoms with Crippen LogP contribution in [0.2, 0.25) is 0 Å². The number of hydrogen-bond donors (Lipinski definition) is 2. The standard InChI is InChI=1S/C32H29N3O3S/c1-32(2,3)24-14-12-22(13-15-24)30-34-27-19-25(16-17-28(27)38-30)33-31(39)35-29(36)23-10-7-11-26(18-23)37-20-21-8-5-4-6-9-21/h4-19H,20H2,1-3H3,(H2,33,35,36,39). The molecule has 7 heteroatoms. The van der Waals surface area contributed by atoms with Crippen molar-refractivity contribution in [2.45, 2.75) is 32.8 Å². The highest BCUT2D eigenvalue weighted by atomic mass is 32.1. The number of benzene rings is 4. The molecule has 196 valence electrons. The van der Waals surface area contributed by atoms with Gasteiger partial charge in [0, 0.05) is 16.8 Å². The first-order valence-corrected chi connectivity index (χ1v) is 13.1. The van der Waals surface area contributed by atoms with Gasteiger partial charge in [-0.25, -0.2) is 4.98 Å². The second-order valence-electron chi connectivity index (χ2n) is 10.2. The van der Waals surface area contributed by atoms with E-state index in [0.717, 1.165) is 11.1 Å². The monoisotopic (exact) mass is 535 g/mol. The van der Waals surface area contributed by atoms with E-state index in [1.165, 1.54) is 5.56 Å². The number of anilines is 1. The van der Waals surface area contributed by atoms with Gasteiger partial charge in [0.25, 0.3) is 5.91 Å². The number of rotatable bonds is 6. The fourth-order valence-electron chi connectivity index (χ4n) is 4.05. The van der Waals surface area contributed by atoms with Gasteiger partial charge >= 0.3 is 0 Å². The molecular formula is C32H29N3O3S. The van der Waals surface area contributed by atoms with Crippen LogP contribution >= 0.6 is 12.2 Å². The second kappa shape index (κ2) is 11.1. The Kier molecular flexibility index (Phi) is 7.43. The maximum atomic E-state index is 12.8. The van der Waals surface area contributed by atoms with Crippen molar-refractivity contribution in [3.8, 4) is 17.2 Å². The first kappa shape index (κ1) is 26.1. The minimum atomic E-state index is -0.332. The van der Waals surface area contributed by atoms with Crippen molar-refractivity contribution in [3.63, 3.8) is 0 Å². The topological polar surface area (TPSA) is 76.4 Å². The third-order valence-corrected chi connectivity index (χ3v) is 6.42. The van der Waals surface area contributed by atoms with Gasteiger partial charge in [0.2, 0.25) is 5.89 Å². The van der Waals surface area contributed by atoms with Crippen LogP contribution in [0.1, 0.15) is 42.3 Å². The van der Waals surface area contributed by atoms with Crippen LogP contribution < -0.4 is 15.4 Å². The molecule has 0 saturated heterocycles. The molecule has 0 aliphatic rings. The highest BCUT2D eigenvalue weighted by Gasteiger charge is 2.15. The summed E-state index contributed by atoms with van der Waals surface area (Å²) in [4.78, 5) is 17.5. The summed E-state index contributed by atoms with van der Waals surface area (Å²) in [5, 5.41) is 5.96. The average Bonchev–Trinajstić information content (AvgIpc) is 3.36. The van der Waals surface area contributed by atoms with Crippen LogP contribution in [0.3, 0.4) is 0 Å². The minimum absolute atomic E-state index is 0.0766. The van der Waals surface area contributed by atoms with Crippen molar-refractivity contribution in [2.75, 3.05) is 5.32 Å². The van der Waals surface area contributed by atoms with Gasteiger partial charge < -0.3 is 14.5 Å². The number of aromatic nitrogens is 1. The number of nitrogens with zero attached hydrogens (tertiary/aromatic N) is 1. The van der Waals surface area contributed by atoms with E-state index >= 15 is 0 Å². The lowest BCUT2D eigenvalue weighted by Gasteiger charge is -2.18. The van der Waals surface area contributed by atoms with Crippen LogP contribution in [0.5, 0.6) is 5.75 Å². The van der Waals surface area contributed by atoms with Crippen molar-refractivity contribution < 1.29 is 13.9 Å². The van der Waals surface area contributed by atoms with E-state index in [0.29, 0.717) is 40.6 Å². The fraction of sp³-hybridized carbons (Fsp3) is 0.156. The van der Waals surface area contributed by atoms with Crippen molar-refractivity contribution in [1.82, 2.24) is 10.3 Å². The number of oxazole rings is 1. The summed E-state index contributed by atoms with van der Waals surface area (Å²) in [5.41, 5.74) is 5.77. The lowest BCUT2D eigenvalue weighted by molar-refractivity contribution is 0.0977. The molecule has 0 spiro atoms. The van der Waals surface area contributed by atoms with Gasteiger partial charge in [-0.3, -0.25) is 10.1 Å². The molecule has 4 aromatic carbocycles. The summed E-state index contributed by atoms with van der Waals surface area (Å²) >= 11 is 5.39. The van der Waals surface area contributed by atoms with Crippen LogP contribution in [0.4, 0.5) is 5.69 Å². The Balaban J connectivity index is 1.21. The molecule has 0 saturated carbocycles. The summed E-state index contributed by atoms with van der Waals surface area (Å²) < 4.78 is 11.8. The molecule has 0 aliphatic carbocycles. The largest absolute Gasteiger partial charge is 0.489 e. The highest BCUT2D eigenvalue weighted by Crippen LogP contribution is 2.29. The van der Waals surface area contributed by atoms with E-state index < -0.39 is 0 Å². The predicted octanol–water partition coefficient (Wildman–Crippen LogP) is 7.50. The fourth-order valence-corrected chi connectivity index (χ4v) is 4.26. The van der Waals surface area contributed by atoms with E-state index in [2.05, 4.69) is 48.5 Å². The third kappa shape index (κ3) is 6.51. The van der Waals surface area contributed by atoms with Gasteiger partial charge in [0.1, 0.15) is 17.9 Å². The summed E-state index contributed by atoms with van der Waals surface area (Å²) in [6.45, 7) is 6.96. The SMILES string of the molecule is CC(C)(C)c1ccc(-c2nc3cc(NC(=S)NC(=O)c4cccc(OCc5ccccc5)c4)ccc3o2)cc1. The summed E-state index contributed by atoms with van der Waals surface area (Å²) in [6, 6.07) is 30.6. The van der Waals surface area contributed by atoms with Crippen LogP contribution in [-0.2, 0) is 12.0 Å². The van der Waals surface area contributed by atoms with Crippen LogP contribution in [-0.4, -0.2) is 16.0 Å². The second-order valence-corrected chi connectivity index (χ2v) is 10.6. The first-order chi connectivity index (χ1) is 18.7. The summed E-state index contributed by atoms with van der Waals surface area (Å²) in [5.74, 6) is 0.819. The number of carbonyl (C=O) groups excluding carboxylic acids is 1. The van der Waals surface area contributed by atoms with Gasteiger partial charge in [0.15, 0.2) is 10.7 Å². The summed E-state index contributed by atoms with van der Waals surface area (Å²) in [6.07, 6.45) is 0. The van der Waals surface area contributed by atoms with Crippen LogP contribution in [0.15, 0.2) is 101 Å². The number of amides is 1. The molecule has 6 nitrogen and oxygen atoms in total. The maximum Gasteiger partial charge on any atom is 0.257 e. The molecule has 0 bridgehead atoms. The Morgan fingerprint density at radius 1 is 0.923 bits per heavy atom. The lowest BCUT2D eigenvalue weighted by atomic mass is 9.87. The molecule has 0 aliphatic heterocycles. The van der Waals surface area contributed by atoms with Gasteiger partial charge in [0.05, 0.1) is 0 Å². The third-order valence-electron chi connectivity index (χ3n) is 6.21. The van der Waals surface area contributed by atoms with Crippen LogP contribution in [0, 0.1) is 0 Å². The van der Waals surface area contributed by atoms with E-state index in [9.17, 15) is 4.79 Å².